The van der Waals surface area contributed by atoms with E-state index in [2.05, 4.69) is 9.47 Å². The van der Waals surface area contributed by atoms with Crippen molar-refractivity contribution in [3.05, 3.63) is 0 Å². The van der Waals surface area contributed by atoms with E-state index in [1.165, 1.54) is 14.2 Å². The molecule has 6 nitrogen and oxygen atoms in total. The van der Waals surface area contributed by atoms with Crippen LogP contribution in [0.15, 0.2) is 0 Å². The SMILES string of the molecule is COC(=O)[C@@H]1C(=O)C[C@H]2[C@@H](C(=O)OC)C(=O)C[C@H]12. The molecule has 0 amide bonds. The van der Waals surface area contributed by atoms with Crippen LogP contribution in [-0.2, 0) is 28.7 Å². The molecule has 2 aliphatic rings. The minimum absolute atomic E-state index is 0.0654. The number of hydrogen-bond acceptors (Lipinski definition) is 6. The van der Waals surface area contributed by atoms with Gasteiger partial charge in [-0.15, -0.1) is 0 Å². The van der Waals surface area contributed by atoms with Gasteiger partial charge >= 0.3 is 11.9 Å². The lowest BCUT2D eigenvalue weighted by Crippen LogP contribution is -2.26. The Morgan fingerprint density at radius 2 is 1.22 bits per heavy atom. The monoisotopic (exact) mass is 254 g/mol. The molecule has 0 spiro atoms. The summed E-state index contributed by atoms with van der Waals surface area (Å²) in [7, 11) is 2.41. The first kappa shape index (κ1) is 12.7. The van der Waals surface area contributed by atoms with Crippen molar-refractivity contribution in [1.29, 1.82) is 0 Å². The minimum Gasteiger partial charge on any atom is -0.468 e. The van der Waals surface area contributed by atoms with Gasteiger partial charge in [0, 0.05) is 12.8 Å². The van der Waals surface area contributed by atoms with E-state index in [0.717, 1.165) is 0 Å². The second-order valence-corrected chi connectivity index (χ2v) is 4.67. The van der Waals surface area contributed by atoms with Gasteiger partial charge in [0.15, 0.2) is 0 Å². The lowest BCUT2D eigenvalue weighted by Gasteiger charge is -2.15. The average molecular weight is 254 g/mol. The fourth-order valence-electron chi connectivity index (χ4n) is 3.10. The van der Waals surface area contributed by atoms with Gasteiger partial charge in [-0.05, 0) is 11.8 Å². The second-order valence-electron chi connectivity index (χ2n) is 4.67. The van der Waals surface area contributed by atoms with Gasteiger partial charge in [0.05, 0.1) is 14.2 Å². The van der Waals surface area contributed by atoms with E-state index in [4.69, 9.17) is 0 Å². The van der Waals surface area contributed by atoms with Crippen molar-refractivity contribution in [3.63, 3.8) is 0 Å². The van der Waals surface area contributed by atoms with Crippen LogP contribution < -0.4 is 0 Å². The summed E-state index contributed by atoms with van der Waals surface area (Å²) in [6, 6.07) is 0. The summed E-state index contributed by atoms with van der Waals surface area (Å²) in [4.78, 5) is 46.7. The van der Waals surface area contributed by atoms with Crippen LogP contribution in [0.3, 0.4) is 0 Å². The molecule has 0 bridgehead atoms. The van der Waals surface area contributed by atoms with Crippen LogP contribution >= 0.6 is 0 Å². The molecule has 0 aromatic carbocycles. The number of fused-ring (bicyclic) bond motifs is 1. The molecule has 2 rings (SSSR count). The summed E-state index contributed by atoms with van der Waals surface area (Å²) in [5.74, 6) is -4.38. The molecule has 0 N–H and O–H groups in total. The number of carbonyl (C=O) groups is 4. The molecule has 0 saturated heterocycles. The Labute approximate surface area is 104 Å². The van der Waals surface area contributed by atoms with Crippen molar-refractivity contribution in [2.75, 3.05) is 14.2 Å². The summed E-state index contributed by atoms with van der Waals surface area (Å²) >= 11 is 0. The fraction of sp³-hybridized carbons (Fsp3) is 0.667. The molecule has 0 heterocycles. The molecule has 0 aromatic heterocycles. The van der Waals surface area contributed by atoms with Gasteiger partial charge in [-0.3, -0.25) is 19.2 Å². The quantitative estimate of drug-likeness (QED) is 0.498. The van der Waals surface area contributed by atoms with Crippen LogP contribution in [0.2, 0.25) is 0 Å². The maximum atomic E-state index is 11.8. The van der Waals surface area contributed by atoms with E-state index >= 15 is 0 Å². The van der Waals surface area contributed by atoms with Crippen LogP contribution in [-0.4, -0.2) is 37.7 Å². The normalized spacial score (nSPS) is 34.3. The lowest BCUT2D eigenvalue weighted by atomic mass is 9.89. The molecular formula is C12H14O6. The molecule has 2 saturated carbocycles. The highest BCUT2D eigenvalue weighted by Crippen LogP contribution is 2.48. The minimum atomic E-state index is -0.904. The zero-order valence-electron chi connectivity index (χ0n) is 10.2. The Bertz CT molecular complexity index is 386. The number of methoxy groups -OCH3 is 2. The Balaban J connectivity index is 2.27. The van der Waals surface area contributed by atoms with E-state index in [1.807, 2.05) is 0 Å². The summed E-state index contributed by atoms with van der Waals surface area (Å²) < 4.78 is 9.17. The predicted octanol–water partition coefficient (Wildman–Crippen LogP) is -0.257. The molecular weight excluding hydrogens is 240 g/mol. The van der Waals surface area contributed by atoms with E-state index in [0.29, 0.717) is 0 Å². The van der Waals surface area contributed by atoms with Crippen molar-refractivity contribution in [3.8, 4) is 0 Å². The van der Waals surface area contributed by atoms with Crippen molar-refractivity contribution in [1.82, 2.24) is 0 Å². The summed E-state index contributed by atoms with van der Waals surface area (Å²) in [6.07, 6.45) is 0.131. The molecule has 2 aliphatic carbocycles. The Morgan fingerprint density at radius 1 is 0.889 bits per heavy atom. The summed E-state index contributed by atoms with van der Waals surface area (Å²) in [6.45, 7) is 0. The van der Waals surface area contributed by atoms with E-state index in [-0.39, 0.29) is 24.4 Å². The molecule has 6 heteroatoms. The van der Waals surface area contributed by atoms with E-state index in [9.17, 15) is 19.2 Å². The molecule has 0 unspecified atom stereocenters. The van der Waals surface area contributed by atoms with Crippen molar-refractivity contribution >= 4 is 23.5 Å². The topological polar surface area (TPSA) is 86.7 Å². The van der Waals surface area contributed by atoms with Crippen molar-refractivity contribution in [2.45, 2.75) is 12.8 Å². The third-order valence-corrected chi connectivity index (χ3v) is 3.88. The highest BCUT2D eigenvalue weighted by molar-refractivity contribution is 6.07. The molecule has 0 radical (unpaired) electrons. The van der Waals surface area contributed by atoms with Gasteiger partial charge in [-0.1, -0.05) is 0 Å². The fourth-order valence-corrected chi connectivity index (χ4v) is 3.10. The maximum absolute atomic E-state index is 11.8. The van der Waals surface area contributed by atoms with Gasteiger partial charge in [0.2, 0.25) is 0 Å². The Morgan fingerprint density at radius 3 is 1.50 bits per heavy atom. The van der Waals surface area contributed by atoms with Crippen molar-refractivity contribution < 1.29 is 28.7 Å². The maximum Gasteiger partial charge on any atom is 0.316 e. The zero-order chi connectivity index (χ0) is 13.4. The number of esters is 2. The van der Waals surface area contributed by atoms with Gasteiger partial charge in [-0.2, -0.15) is 0 Å². The summed E-state index contributed by atoms with van der Waals surface area (Å²) in [5, 5.41) is 0. The molecule has 2 fully saturated rings. The average Bonchev–Trinajstić information content (AvgIpc) is 2.80. The first-order valence-electron chi connectivity index (χ1n) is 5.72. The second kappa shape index (κ2) is 4.51. The predicted molar refractivity (Wildman–Crippen MR) is 57.2 cm³/mol. The smallest absolute Gasteiger partial charge is 0.316 e. The third-order valence-electron chi connectivity index (χ3n) is 3.88. The van der Waals surface area contributed by atoms with E-state index < -0.39 is 35.6 Å². The van der Waals surface area contributed by atoms with Crippen LogP contribution in [0.5, 0.6) is 0 Å². The number of Topliss-reactive ketones (excluding diaryl/α,β-unsaturated/α-hetero) is 2. The molecule has 98 valence electrons. The third kappa shape index (κ3) is 1.72. The molecule has 4 atom stereocenters. The molecule has 18 heavy (non-hydrogen) atoms. The largest absolute Gasteiger partial charge is 0.468 e. The number of carbonyl (C=O) groups excluding carboxylic acids is 4. The lowest BCUT2D eigenvalue weighted by molar-refractivity contribution is -0.151. The van der Waals surface area contributed by atoms with E-state index in [1.54, 1.807) is 0 Å². The van der Waals surface area contributed by atoms with Gasteiger partial charge in [0.1, 0.15) is 23.4 Å². The van der Waals surface area contributed by atoms with Crippen LogP contribution in [0.4, 0.5) is 0 Å². The zero-order valence-corrected chi connectivity index (χ0v) is 10.2. The standard InChI is InChI=1S/C12H14O6/c1-17-11(15)9-5-3-8(14)10(12(16)18-2)6(5)4-7(9)13/h5-6,9-10H,3-4H2,1-2H3/t5-,6+,9-,10+. The number of ketones is 2. The van der Waals surface area contributed by atoms with Gasteiger partial charge in [0.25, 0.3) is 0 Å². The molecule has 0 aliphatic heterocycles. The highest BCUT2D eigenvalue weighted by Gasteiger charge is 2.58. The first-order chi connectivity index (χ1) is 8.51. The Kier molecular flexibility index (Phi) is 3.19. The number of rotatable bonds is 2. The first-order valence-corrected chi connectivity index (χ1v) is 5.72. The number of ether oxygens (including phenoxy) is 2. The van der Waals surface area contributed by atoms with Crippen LogP contribution in [0.1, 0.15) is 12.8 Å². The van der Waals surface area contributed by atoms with Crippen LogP contribution in [0, 0.1) is 23.7 Å². The van der Waals surface area contributed by atoms with Gasteiger partial charge < -0.3 is 9.47 Å². The Hall–Kier alpha value is -1.72. The summed E-state index contributed by atoms with van der Waals surface area (Å²) in [5.41, 5.74) is 0. The highest BCUT2D eigenvalue weighted by atomic mass is 16.5. The molecule has 0 aromatic rings. The van der Waals surface area contributed by atoms with Gasteiger partial charge in [-0.25, -0.2) is 0 Å². The van der Waals surface area contributed by atoms with Crippen molar-refractivity contribution in [2.24, 2.45) is 23.7 Å². The number of hydrogen-bond donors (Lipinski definition) is 0. The van der Waals surface area contributed by atoms with Crippen LogP contribution in [0.25, 0.3) is 0 Å².